The predicted octanol–water partition coefficient (Wildman–Crippen LogP) is 3.74. The van der Waals surface area contributed by atoms with Crippen molar-refractivity contribution in [3.05, 3.63) is 65.4 Å². The number of carbonyl (C=O) groups excluding carboxylic acids is 1. The predicted molar refractivity (Wildman–Crippen MR) is 79.7 cm³/mol. The van der Waals surface area contributed by atoms with Crippen molar-refractivity contribution in [2.24, 2.45) is 0 Å². The number of amides is 1. The van der Waals surface area contributed by atoms with Gasteiger partial charge in [0.15, 0.2) is 0 Å². The average molecular weight is 317 g/mol. The highest BCUT2D eigenvalue weighted by Gasteiger charge is 2.17. The van der Waals surface area contributed by atoms with Crippen molar-refractivity contribution in [3.8, 4) is 10.6 Å². The summed E-state index contributed by atoms with van der Waals surface area (Å²) in [5.41, 5.74) is 0.374. The van der Waals surface area contributed by atoms with Crippen molar-refractivity contribution in [1.29, 1.82) is 0 Å². The first-order chi connectivity index (χ1) is 10.6. The van der Waals surface area contributed by atoms with Gasteiger partial charge in [0.05, 0.1) is 17.4 Å². The van der Waals surface area contributed by atoms with E-state index in [1.807, 2.05) is 0 Å². The average Bonchev–Trinajstić information content (AvgIpc) is 2.98. The first-order valence-electron chi connectivity index (χ1n) is 6.26. The molecular formula is C15H9F2N3OS. The largest absolute Gasteiger partial charge is 0.319 e. The Labute approximate surface area is 128 Å². The van der Waals surface area contributed by atoms with Gasteiger partial charge in [-0.25, -0.2) is 13.8 Å². The molecule has 0 saturated carbocycles. The number of anilines is 1. The number of nitrogens with zero attached hydrogens (tertiary/aromatic N) is 2. The third kappa shape index (κ3) is 2.84. The van der Waals surface area contributed by atoms with Crippen LogP contribution in [0.5, 0.6) is 0 Å². The zero-order valence-corrected chi connectivity index (χ0v) is 11.9. The molecule has 2 aromatic heterocycles. The van der Waals surface area contributed by atoms with E-state index in [0.717, 1.165) is 23.5 Å². The number of hydrogen-bond acceptors (Lipinski definition) is 4. The van der Waals surface area contributed by atoms with Gasteiger partial charge >= 0.3 is 0 Å². The number of hydrogen-bond donors (Lipinski definition) is 1. The van der Waals surface area contributed by atoms with E-state index in [4.69, 9.17) is 0 Å². The molecular weight excluding hydrogens is 308 g/mol. The molecule has 0 aliphatic rings. The summed E-state index contributed by atoms with van der Waals surface area (Å²) in [6.07, 6.45) is 3.07. The van der Waals surface area contributed by atoms with Gasteiger partial charge in [0.1, 0.15) is 22.3 Å². The lowest BCUT2D eigenvalue weighted by Crippen LogP contribution is -2.12. The number of pyridine rings is 1. The van der Waals surface area contributed by atoms with Crippen LogP contribution in [0.15, 0.2) is 48.1 Å². The Hall–Kier alpha value is -2.67. The maximum atomic E-state index is 13.7. The molecule has 0 spiro atoms. The number of nitrogens with one attached hydrogen (secondary N) is 1. The Kier molecular flexibility index (Phi) is 3.88. The van der Waals surface area contributed by atoms with Crippen molar-refractivity contribution < 1.29 is 13.6 Å². The Bertz CT molecular complexity index is 800. The molecule has 4 nitrogen and oxygen atoms in total. The quantitative estimate of drug-likeness (QED) is 0.800. The molecule has 7 heteroatoms. The molecule has 2 heterocycles. The highest BCUT2D eigenvalue weighted by molar-refractivity contribution is 7.13. The fourth-order valence-electron chi connectivity index (χ4n) is 1.83. The van der Waals surface area contributed by atoms with Gasteiger partial charge in [0.2, 0.25) is 0 Å². The van der Waals surface area contributed by atoms with Crippen LogP contribution in [0.4, 0.5) is 14.5 Å². The maximum Gasteiger partial charge on any atom is 0.275 e. The molecule has 0 fully saturated rings. The highest BCUT2D eigenvalue weighted by Crippen LogP contribution is 2.29. The molecule has 1 amide bonds. The van der Waals surface area contributed by atoms with Gasteiger partial charge in [-0.1, -0.05) is 6.07 Å². The van der Waals surface area contributed by atoms with Gasteiger partial charge < -0.3 is 5.32 Å². The summed E-state index contributed by atoms with van der Waals surface area (Å²) < 4.78 is 27.4. The molecule has 110 valence electrons. The van der Waals surface area contributed by atoms with Gasteiger partial charge in [0, 0.05) is 11.6 Å². The minimum absolute atomic E-state index is 0.0894. The van der Waals surface area contributed by atoms with Crippen LogP contribution in [0.1, 0.15) is 10.5 Å². The number of halogens is 2. The number of rotatable bonds is 3. The van der Waals surface area contributed by atoms with Crippen LogP contribution in [0.25, 0.3) is 10.6 Å². The highest BCUT2D eigenvalue weighted by atomic mass is 32.1. The van der Waals surface area contributed by atoms with Crippen LogP contribution < -0.4 is 5.32 Å². The fraction of sp³-hybridized carbons (Fsp3) is 0. The van der Waals surface area contributed by atoms with E-state index < -0.39 is 17.5 Å². The van der Waals surface area contributed by atoms with Crippen LogP contribution in [0.3, 0.4) is 0 Å². The number of aromatic nitrogens is 2. The molecule has 0 aliphatic carbocycles. The lowest BCUT2D eigenvalue weighted by atomic mass is 10.2. The molecule has 3 aromatic rings. The summed E-state index contributed by atoms with van der Waals surface area (Å²) in [6.45, 7) is 0. The monoisotopic (exact) mass is 317 g/mol. The zero-order valence-electron chi connectivity index (χ0n) is 11.1. The normalized spacial score (nSPS) is 10.5. The summed E-state index contributed by atoms with van der Waals surface area (Å²) in [4.78, 5) is 19.9. The van der Waals surface area contributed by atoms with Crippen molar-refractivity contribution >= 4 is 22.9 Å². The van der Waals surface area contributed by atoms with Crippen LogP contribution in [-0.4, -0.2) is 15.9 Å². The molecule has 0 saturated heterocycles. The first-order valence-corrected chi connectivity index (χ1v) is 7.14. The van der Waals surface area contributed by atoms with E-state index in [9.17, 15) is 13.6 Å². The van der Waals surface area contributed by atoms with Gasteiger partial charge in [-0.05, 0) is 24.3 Å². The Balaban J connectivity index is 1.86. The lowest BCUT2D eigenvalue weighted by molar-refractivity contribution is 0.102. The SMILES string of the molecule is O=C(Nc1cccnc1)c1csc(-c2c(F)cccc2F)n1. The molecule has 0 atom stereocenters. The van der Waals surface area contributed by atoms with Crippen molar-refractivity contribution in [1.82, 2.24) is 9.97 Å². The number of carbonyl (C=O) groups is 1. The molecule has 0 radical (unpaired) electrons. The minimum atomic E-state index is -0.714. The smallest absolute Gasteiger partial charge is 0.275 e. The lowest BCUT2D eigenvalue weighted by Gasteiger charge is -2.02. The summed E-state index contributed by atoms with van der Waals surface area (Å²) in [5, 5.41) is 4.18. The summed E-state index contributed by atoms with van der Waals surface area (Å²) in [5.74, 6) is -1.89. The first kappa shape index (κ1) is 14.3. The van der Waals surface area contributed by atoms with Crippen LogP contribution in [0.2, 0.25) is 0 Å². The van der Waals surface area contributed by atoms with Gasteiger partial charge in [0.25, 0.3) is 5.91 Å². The molecule has 1 N–H and O–H groups in total. The molecule has 0 aliphatic heterocycles. The fourth-order valence-corrected chi connectivity index (χ4v) is 2.67. The maximum absolute atomic E-state index is 13.7. The van der Waals surface area contributed by atoms with E-state index in [2.05, 4.69) is 15.3 Å². The Morgan fingerprint density at radius 3 is 2.59 bits per heavy atom. The van der Waals surface area contributed by atoms with Crippen molar-refractivity contribution in [2.75, 3.05) is 5.32 Å². The number of benzene rings is 1. The zero-order chi connectivity index (χ0) is 15.5. The Morgan fingerprint density at radius 1 is 1.14 bits per heavy atom. The topological polar surface area (TPSA) is 54.9 Å². The van der Waals surface area contributed by atoms with Gasteiger partial charge in [-0.15, -0.1) is 11.3 Å². The van der Waals surface area contributed by atoms with E-state index in [-0.39, 0.29) is 16.3 Å². The second-order valence-electron chi connectivity index (χ2n) is 4.33. The standard InChI is InChI=1S/C15H9F2N3OS/c16-10-4-1-5-11(17)13(10)15-20-12(8-22-15)14(21)19-9-3-2-6-18-7-9/h1-8H,(H,19,21). The minimum Gasteiger partial charge on any atom is -0.319 e. The van der Waals surface area contributed by atoms with Crippen LogP contribution in [-0.2, 0) is 0 Å². The third-order valence-electron chi connectivity index (χ3n) is 2.83. The van der Waals surface area contributed by atoms with Crippen molar-refractivity contribution in [3.63, 3.8) is 0 Å². The van der Waals surface area contributed by atoms with E-state index in [1.54, 1.807) is 18.3 Å². The van der Waals surface area contributed by atoms with Gasteiger partial charge in [-0.2, -0.15) is 0 Å². The Morgan fingerprint density at radius 2 is 1.91 bits per heavy atom. The van der Waals surface area contributed by atoms with E-state index in [0.29, 0.717) is 5.69 Å². The van der Waals surface area contributed by atoms with Gasteiger partial charge in [-0.3, -0.25) is 9.78 Å². The summed E-state index contributed by atoms with van der Waals surface area (Å²) >= 11 is 1.00. The summed E-state index contributed by atoms with van der Waals surface area (Å²) in [6, 6.07) is 6.92. The second kappa shape index (κ2) is 5.98. The molecule has 0 unspecified atom stereocenters. The van der Waals surface area contributed by atoms with Crippen molar-refractivity contribution in [2.45, 2.75) is 0 Å². The van der Waals surface area contributed by atoms with Crippen LogP contribution >= 0.6 is 11.3 Å². The summed E-state index contributed by atoms with van der Waals surface area (Å²) in [7, 11) is 0. The van der Waals surface area contributed by atoms with E-state index in [1.165, 1.54) is 17.6 Å². The molecule has 22 heavy (non-hydrogen) atoms. The molecule has 3 rings (SSSR count). The third-order valence-corrected chi connectivity index (χ3v) is 3.69. The molecule has 1 aromatic carbocycles. The van der Waals surface area contributed by atoms with E-state index >= 15 is 0 Å². The number of thiazole rings is 1. The second-order valence-corrected chi connectivity index (χ2v) is 5.19. The van der Waals surface area contributed by atoms with Crippen LogP contribution in [0, 0.1) is 11.6 Å². The molecule has 0 bridgehead atoms.